The van der Waals surface area contributed by atoms with E-state index >= 15 is 0 Å². The lowest BCUT2D eigenvalue weighted by Gasteiger charge is -2.17. The predicted molar refractivity (Wildman–Crippen MR) is 49.4 cm³/mol. The fraction of sp³-hybridized carbons (Fsp3) is 0.700. The van der Waals surface area contributed by atoms with Gasteiger partial charge in [-0.2, -0.15) is 10.2 Å². The van der Waals surface area contributed by atoms with Gasteiger partial charge in [0, 0.05) is 5.92 Å². The van der Waals surface area contributed by atoms with Crippen molar-refractivity contribution >= 4 is 0 Å². The third kappa shape index (κ3) is 1.92. The molecule has 0 amide bonds. The smallest absolute Gasteiger partial charge is 0.240 e. The average Bonchev–Trinajstić information content (AvgIpc) is 2.68. The van der Waals surface area contributed by atoms with Crippen molar-refractivity contribution < 1.29 is 4.52 Å². The van der Waals surface area contributed by atoms with E-state index in [1.54, 1.807) is 0 Å². The molecule has 1 saturated carbocycles. The molecule has 0 unspecified atom stereocenters. The zero-order valence-electron chi connectivity index (χ0n) is 8.07. The van der Waals surface area contributed by atoms with Crippen LogP contribution in [-0.4, -0.2) is 10.1 Å². The molecule has 1 heterocycles. The lowest BCUT2D eigenvalue weighted by Crippen LogP contribution is -2.06. The molecule has 1 aromatic rings. The van der Waals surface area contributed by atoms with Crippen LogP contribution in [0.5, 0.6) is 0 Å². The lowest BCUT2D eigenvalue weighted by atomic mass is 9.89. The third-order valence-electron chi connectivity index (χ3n) is 2.68. The summed E-state index contributed by atoms with van der Waals surface area (Å²) in [6, 6.07) is 2.00. The molecule has 0 saturated heterocycles. The summed E-state index contributed by atoms with van der Waals surface area (Å²) in [6.45, 7) is 0. The van der Waals surface area contributed by atoms with Crippen LogP contribution in [0, 0.1) is 11.3 Å². The van der Waals surface area contributed by atoms with Gasteiger partial charge in [-0.1, -0.05) is 24.4 Å². The molecule has 0 aliphatic heterocycles. The van der Waals surface area contributed by atoms with E-state index in [1.807, 2.05) is 6.07 Å². The van der Waals surface area contributed by atoms with Crippen molar-refractivity contribution in [2.24, 2.45) is 0 Å². The van der Waals surface area contributed by atoms with E-state index in [2.05, 4.69) is 10.1 Å². The predicted octanol–water partition coefficient (Wildman–Crippen LogP) is 2.18. The Morgan fingerprint density at radius 1 is 1.36 bits per heavy atom. The van der Waals surface area contributed by atoms with Gasteiger partial charge in [-0.25, -0.2) is 0 Å². The highest BCUT2D eigenvalue weighted by molar-refractivity contribution is 4.99. The molecule has 1 aliphatic rings. The minimum atomic E-state index is 0.222. The van der Waals surface area contributed by atoms with Gasteiger partial charge in [0.1, 0.15) is 6.42 Å². The highest BCUT2D eigenvalue weighted by Crippen LogP contribution is 2.30. The molecule has 1 aliphatic carbocycles. The van der Waals surface area contributed by atoms with Crippen LogP contribution in [0.2, 0.25) is 0 Å². The van der Waals surface area contributed by atoms with Gasteiger partial charge in [-0.05, 0) is 12.8 Å². The van der Waals surface area contributed by atoms with Crippen molar-refractivity contribution in [3.8, 4) is 6.07 Å². The lowest BCUT2D eigenvalue weighted by molar-refractivity contribution is 0.363. The Morgan fingerprint density at radius 2 is 2.14 bits per heavy atom. The first-order valence-electron chi connectivity index (χ1n) is 5.09. The van der Waals surface area contributed by atoms with E-state index in [4.69, 9.17) is 9.78 Å². The van der Waals surface area contributed by atoms with Crippen LogP contribution in [0.25, 0.3) is 0 Å². The van der Waals surface area contributed by atoms with Crippen LogP contribution in [0.1, 0.15) is 49.7 Å². The van der Waals surface area contributed by atoms with E-state index in [0.717, 1.165) is 18.7 Å². The standard InChI is InChI=1S/C10H13N3O/c11-7-6-9-12-10(13-14-9)8-4-2-1-3-5-8/h8H,1-6H2. The van der Waals surface area contributed by atoms with Crippen LogP contribution in [0.15, 0.2) is 4.52 Å². The van der Waals surface area contributed by atoms with E-state index in [0.29, 0.717) is 11.8 Å². The topological polar surface area (TPSA) is 62.7 Å². The maximum atomic E-state index is 8.46. The first kappa shape index (κ1) is 9.20. The number of nitriles is 1. The normalized spacial score (nSPS) is 17.9. The molecule has 4 nitrogen and oxygen atoms in total. The second kappa shape index (κ2) is 4.23. The molecule has 2 rings (SSSR count). The Labute approximate surface area is 82.9 Å². The number of rotatable bonds is 2. The molecule has 4 heteroatoms. The molecule has 0 atom stereocenters. The van der Waals surface area contributed by atoms with E-state index < -0.39 is 0 Å². The van der Waals surface area contributed by atoms with Gasteiger partial charge in [-0.3, -0.25) is 0 Å². The van der Waals surface area contributed by atoms with Crippen molar-refractivity contribution in [3.05, 3.63) is 11.7 Å². The summed E-state index contributed by atoms with van der Waals surface area (Å²) in [5.74, 6) is 1.71. The van der Waals surface area contributed by atoms with Crippen molar-refractivity contribution in [2.75, 3.05) is 0 Å². The molecule has 0 bridgehead atoms. The second-order valence-electron chi connectivity index (χ2n) is 3.72. The van der Waals surface area contributed by atoms with Gasteiger partial charge in [0.2, 0.25) is 5.89 Å². The maximum absolute atomic E-state index is 8.46. The summed E-state index contributed by atoms with van der Waals surface area (Å²) in [6.07, 6.45) is 6.37. The highest BCUT2D eigenvalue weighted by Gasteiger charge is 2.20. The fourth-order valence-corrected chi connectivity index (χ4v) is 1.93. The molecular formula is C10H13N3O. The van der Waals surface area contributed by atoms with Crippen molar-refractivity contribution in [1.82, 2.24) is 10.1 Å². The van der Waals surface area contributed by atoms with Crippen molar-refractivity contribution in [2.45, 2.75) is 44.4 Å². The summed E-state index contributed by atoms with van der Waals surface area (Å²) in [5, 5.41) is 12.4. The molecular weight excluding hydrogens is 178 g/mol. The Morgan fingerprint density at radius 3 is 2.86 bits per heavy atom. The number of hydrogen-bond donors (Lipinski definition) is 0. The third-order valence-corrected chi connectivity index (χ3v) is 2.68. The number of hydrogen-bond acceptors (Lipinski definition) is 4. The quantitative estimate of drug-likeness (QED) is 0.718. The van der Waals surface area contributed by atoms with Gasteiger partial charge < -0.3 is 4.52 Å². The SMILES string of the molecule is N#CCc1nc(C2CCCCC2)no1. The molecule has 74 valence electrons. The van der Waals surface area contributed by atoms with E-state index in [-0.39, 0.29) is 6.42 Å². The van der Waals surface area contributed by atoms with Crippen molar-refractivity contribution in [1.29, 1.82) is 5.26 Å². The highest BCUT2D eigenvalue weighted by atomic mass is 16.5. The van der Waals surface area contributed by atoms with Crippen LogP contribution in [0.4, 0.5) is 0 Å². The van der Waals surface area contributed by atoms with Crippen molar-refractivity contribution in [3.63, 3.8) is 0 Å². The number of nitrogens with zero attached hydrogens (tertiary/aromatic N) is 3. The average molecular weight is 191 g/mol. The first-order valence-corrected chi connectivity index (χ1v) is 5.09. The first-order chi connectivity index (χ1) is 6.90. The van der Waals surface area contributed by atoms with Crippen LogP contribution in [0.3, 0.4) is 0 Å². The van der Waals surface area contributed by atoms with Crippen LogP contribution < -0.4 is 0 Å². The molecule has 0 radical (unpaired) electrons. The summed E-state index contributed by atoms with van der Waals surface area (Å²) in [4.78, 5) is 4.22. The summed E-state index contributed by atoms with van der Waals surface area (Å²) < 4.78 is 4.97. The van der Waals surface area contributed by atoms with Gasteiger partial charge >= 0.3 is 0 Å². The zero-order chi connectivity index (χ0) is 9.80. The Kier molecular flexibility index (Phi) is 2.78. The summed E-state index contributed by atoms with van der Waals surface area (Å²) in [7, 11) is 0. The Balaban J connectivity index is 2.04. The number of aromatic nitrogens is 2. The van der Waals surface area contributed by atoms with E-state index in [9.17, 15) is 0 Å². The molecule has 14 heavy (non-hydrogen) atoms. The monoisotopic (exact) mass is 191 g/mol. The van der Waals surface area contributed by atoms with Gasteiger partial charge in [0.25, 0.3) is 0 Å². The summed E-state index contributed by atoms with van der Waals surface area (Å²) in [5.41, 5.74) is 0. The van der Waals surface area contributed by atoms with Gasteiger partial charge in [0.05, 0.1) is 6.07 Å². The van der Waals surface area contributed by atoms with E-state index in [1.165, 1.54) is 19.3 Å². The minimum absolute atomic E-state index is 0.222. The fourth-order valence-electron chi connectivity index (χ4n) is 1.93. The molecule has 0 N–H and O–H groups in total. The summed E-state index contributed by atoms with van der Waals surface area (Å²) >= 11 is 0. The van der Waals surface area contributed by atoms with Crippen LogP contribution >= 0.6 is 0 Å². The largest absolute Gasteiger partial charge is 0.338 e. The molecule has 0 spiro atoms. The Bertz CT molecular complexity index is 333. The second-order valence-corrected chi connectivity index (χ2v) is 3.72. The maximum Gasteiger partial charge on any atom is 0.240 e. The molecule has 0 aromatic carbocycles. The van der Waals surface area contributed by atoms with Gasteiger partial charge in [0.15, 0.2) is 5.82 Å². The minimum Gasteiger partial charge on any atom is -0.338 e. The Hall–Kier alpha value is -1.37. The van der Waals surface area contributed by atoms with Gasteiger partial charge in [-0.15, -0.1) is 0 Å². The zero-order valence-corrected chi connectivity index (χ0v) is 8.07. The molecule has 1 fully saturated rings. The molecule has 1 aromatic heterocycles. The van der Waals surface area contributed by atoms with Crippen LogP contribution in [-0.2, 0) is 6.42 Å².